The van der Waals surface area contributed by atoms with E-state index in [0.717, 1.165) is 13.1 Å². The molecule has 10 heavy (non-hydrogen) atoms. The highest BCUT2D eigenvalue weighted by atomic mass is 16.3. The van der Waals surface area contributed by atoms with E-state index in [4.69, 9.17) is 5.11 Å². The van der Waals surface area contributed by atoms with Gasteiger partial charge in [-0.25, -0.2) is 0 Å². The Labute approximate surface area is 62.2 Å². The quantitative estimate of drug-likeness (QED) is 0.590. The normalized spacial score (nSPS) is 20.8. The maximum Gasteiger partial charge on any atom is 0.104 e. The van der Waals surface area contributed by atoms with Crippen molar-refractivity contribution in [1.29, 1.82) is 0 Å². The van der Waals surface area contributed by atoms with Crippen LogP contribution in [0, 0.1) is 6.54 Å². The smallest absolute Gasteiger partial charge is 0.104 e. The Kier molecular flexibility index (Phi) is 2.75. The number of aliphatic hydroxyl groups excluding tert-OH is 1. The lowest BCUT2D eigenvalue weighted by atomic mass is 10.1. The Morgan fingerprint density at radius 2 is 1.90 bits per heavy atom. The minimum Gasteiger partial charge on any atom is -0.511 e. The zero-order valence-corrected chi connectivity index (χ0v) is 6.21. The van der Waals surface area contributed by atoms with E-state index >= 15 is 0 Å². The number of nitrogens with zero attached hydrogens (tertiary/aromatic N) is 1. The molecule has 1 aliphatic rings. The number of aliphatic hydroxyl groups is 1. The fraction of sp³-hybridized carbons (Fsp3) is 0.625. The van der Waals surface area contributed by atoms with Gasteiger partial charge in [0.15, 0.2) is 0 Å². The van der Waals surface area contributed by atoms with Gasteiger partial charge in [0.1, 0.15) is 5.76 Å². The van der Waals surface area contributed by atoms with Crippen molar-refractivity contribution in [3.8, 4) is 0 Å². The number of rotatable bonds is 2. The van der Waals surface area contributed by atoms with Gasteiger partial charge in [-0.05, 0) is 25.9 Å². The molecule has 2 nitrogen and oxygen atoms in total. The second-order valence-corrected chi connectivity index (χ2v) is 2.72. The summed E-state index contributed by atoms with van der Waals surface area (Å²) in [6.45, 7) is 7.27. The third-order valence-corrected chi connectivity index (χ3v) is 1.72. The molecule has 0 aromatic rings. The van der Waals surface area contributed by atoms with Gasteiger partial charge in [0.05, 0.1) is 6.54 Å². The molecule has 1 aliphatic heterocycles. The van der Waals surface area contributed by atoms with Gasteiger partial charge in [-0.3, -0.25) is 4.90 Å². The molecule has 0 bridgehead atoms. The monoisotopic (exact) mass is 140 g/mol. The summed E-state index contributed by atoms with van der Waals surface area (Å²) >= 11 is 0. The van der Waals surface area contributed by atoms with Crippen LogP contribution >= 0.6 is 0 Å². The zero-order chi connectivity index (χ0) is 7.40. The second-order valence-electron chi connectivity index (χ2n) is 2.72. The highest BCUT2D eigenvalue weighted by Gasteiger charge is 2.10. The van der Waals surface area contributed by atoms with Crippen LogP contribution < -0.4 is 0 Å². The fourth-order valence-corrected chi connectivity index (χ4v) is 1.26. The Hall–Kier alpha value is -0.500. The largest absolute Gasteiger partial charge is 0.511 e. The molecule has 0 aromatic heterocycles. The summed E-state index contributed by atoms with van der Waals surface area (Å²) in [5.41, 5.74) is 0. The first kappa shape index (κ1) is 7.61. The Balaban J connectivity index is 2.19. The standard InChI is InChI=1S/C8H14NO/c1-8(10)7-9-5-3-2-4-6-9/h7,10H,1-6H2. The van der Waals surface area contributed by atoms with E-state index in [1.165, 1.54) is 19.3 Å². The second kappa shape index (κ2) is 3.62. The van der Waals surface area contributed by atoms with Crippen LogP contribution in [0.4, 0.5) is 0 Å². The summed E-state index contributed by atoms with van der Waals surface area (Å²) in [7, 11) is 0. The molecule has 1 N–H and O–H groups in total. The molecule has 1 saturated heterocycles. The van der Waals surface area contributed by atoms with E-state index in [1.54, 1.807) is 6.54 Å². The Morgan fingerprint density at radius 3 is 2.40 bits per heavy atom. The van der Waals surface area contributed by atoms with Crippen molar-refractivity contribution >= 4 is 0 Å². The zero-order valence-electron chi connectivity index (χ0n) is 6.21. The summed E-state index contributed by atoms with van der Waals surface area (Å²) in [5.74, 6) is 0.168. The summed E-state index contributed by atoms with van der Waals surface area (Å²) < 4.78 is 0. The van der Waals surface area contributed by atoms with Crippen molar-refractivity contribution in [1.82, 2.24) is 4.90 Å². The van der Waals surface area contributed by atoms with Gasteiger partial charge in [0.2, 0.25) is 0 Å². The lowest BCUT2D eigenvalue weighted by Gasteiger charge is -2.24. The van der Waals surface area contributed by atoms with E-state index < -0.39 is 0 Å². The van der Waals surface area contributed by atoms with Crippen molar-refractivity contribution in [2.24, 2.45) is 0 Å². The van der Waals surface area contributed by atoms with Crippen LogP contribution in [-0.2, 0) is 0 Å². The lowest BCUT2D eigenvalue weighted by molar-refractivity contribution is 0.257. The first-order chi connectivity index (χ1) is 4.79. The molecule has 0 unspecified atom stereocenters. The molecule has 0 amide bonds. The van der Waals surface area contributed by atoms with Gasteiger partial charge in [0.25, 0.3) is 0 Å². The summed E-state index contributed by atoms with van der Waals surface area (Å²) in [4.78, 5) is 2.12. The molecule has 1 fully saturated rings. The van der Waals surface area contributed by atoms with Crippen molar-refractivity contribution in [2.45, 2.75) is 19.3 Å². The first-order valence-electron chi connectivity index (χ1n) is 3.76. The molecule has 1 radical (unpaired) electrons. The predicted molar refractivity (Wildman–Crippen MR) is 41.5 cm³/mol. The summed E-state index contributed by atoms with van der Waals surface area (Å²) in [6, 6.07) is 0. The first-order valence-corrected chi connectivity index (χ1v) is 3.76. The third kappa shape index (κ3) is 2.40. The molecule has 0 aliphatic carbocycles. The van der Waals surface area contributed by atoms with Crippen molar-refractivity contribution in [3.63, 3.8) is 0 Å². The minimum atomic E-state index is 0.168. The average molecular weight is 140 g/mol. The van der Waals surface area contributed by atoms with Crippen molar-refractivity contribution < 1.29 is 5.11 Å². The van der Waals surface area contributed by atoms with Crippen LogP contribution in [0.5, 0.6) is 0 Å². The molecule has 1 heterocycles. The molecule has 1 rings (SSSR count). The van der Waals surface area contributed by atoms with Crippen LogP contribution in [0.25, 0.3) is 0 Å². The highest BCUT2D eigenvalue weighted by Crippen LogP contribution is 2.11. The number of likely N-dealkylation sites (tertiary alicyclic amines) is 1. The SMILES string of the molecule is C=C(O)[CH]N1CCCCC1. The Morgan fingerprint density at radius 1 is 1.30 bits per heavy atom. The van der Waals surface area contributed by atoms with Crippen molar-refractivity contribution in [2.75, 3.05) is 13.1 Å². The summed E-state index contributed by atoms with van der Waals surface area (Å²) in [6.07, 6.45) is 3.80. The number of hydrogen-bond acceptors (Lipinski definition) is 2. The van der Waals surface area contributed by atoms with E-state index in [9.17, 15) is 0 Å². The third-order valence-electron chi connectivity index (χ3n) is 1.72. The van der Waals surface area contributed by atoms with Gasteiger partial charge in [-0.15, -0.1) is 0 Å². The van der Waals surface area contributed by atoms with E-state index in [2.05, 4.69) is 11.5 Å². The van der Waals surface area contributed by atoms with Crippen molar-refractivity contribution in [3.05, 3.63) is 18.9 Å². The van der Waals surface area contributed by atoms with E-state index in [-0.39, 0.29) is 5.76 Å². The van der Waals surface area contributed by atoms with Crippen LogP contribution in [0.2, 0.25) is 0 Å². The van der Waals surface area contributed by atoms with Crippen LogP contribution in [-0.4, -0.2) is 23.1 Å². The van der Waals surface area contributed by atoms with Gasteiger partial charge in [-0.2, -0.15) is 0 Å². The molecule has 0 saturated carbocycles. The fourth-order valence-electron chi connectivity index (χ4n) is 1.26. The predicted octanol–water partition coefficient (Wildman–Crippen LogP) is 1.71. The molecular formula is C8H14NO. The van der Waals surface area contributed by atoms with Gasteiger partial charge < -0.3 is 5.11 Å². The molecule has 57 valence electrons. The van der Waals surface area contributed by atoms with Crippen LogP contribution in [0.1, 0.15) is 19.3 Å². The lowest BCUT2D eigenvalue weighted by Crippen LogP contribution is -2.27. The average Bonchev–Trinajstić information content (AvgIpc) is 1.88. The maximum atomic E-state index is 8.81. The molecular weight excluding hydrogens is 126 g/mol. The van der Waals surface area contributed by atoms with Crippen LogP contribution in [0.15, 0.2) is 12.3 Å². The minimum absolute atomic E-state index is 0.168. The van der Waals surface area contributed by atoms with Gasteiger partial charge in [0, 0.05) is 0 Å². The Bertz CT molecular complexity index is 116. The van der Waals surface area contributed by atoms with Crippen LogP contribution in [0.3, 0.4) is 0 Å². The summed E-state index contributed by atoms with van der Waals surface area (Å²) in [5, 5.41) is 8.81. The van der Waals surface area contributed by atoms with E-state index in [1.807, 2.05) is 0 Å². The molecule has 2 heteroatoms. The van der Waals surface area contributed by atoms with Gasteiger partial charge in [-0.1, -0.05) is 13.0 Å². The molecule has 0 atom stereocenters. The number of piperidine rings is 1. The maximum absolute atomic E-state index is 8.81. The molecule has 0 spiro atoms. The number of hydrogen-bond donors (Lipinski definition) is 1. The van der Waals surface area contributed by atoms with Gasteiger partial charge >= 0.3 is 0 Å². The highest BCUT2D eigenvalue weighted by molar-refractivity contribution is 4.96. The van der Waals surface area contributed by atoms with E-state index in [0.29, 0.717) is 0 Å². The topological polar surface area (TPSA) is 23.5 Å². The molecule has 0 aromatic carbocycles.